The zero-order valence-electron chi connectivity index (χ0n) is 38.8. The van der Waals surface area contributed by atoms with E-state index in [1.54, 1.807) is 0 Å². The summed E-state index contributed by atoms with van der Waals surface area (Å²) in [6.45, 7) is 13.6. The normalized spacial score (nSPS) is 12.3. The summed E-state index contributed by atoms with van der Waals surface area (Å²) in [7, 11) is 0. The van der Waals surface area contributed by atoms with Gasteiger partial charge in [0, 0.05) is 39.4 Å². The average molecular weight is 853 g/mol. The molecular weight excluding hydrogens is 797 g/mol. The molecule has 0 amide bonds. The maximum atomic E-state index is 2.43. The predicted molar refractivity (Wildman–Crippen MR) is 282 cm³/mol. The van der Waals surface area contributed by atoms with E-state index in [2.05, 4.69) is 282 Å². The molecule has 2 heteroatoms. The van der Waals surface area contributed by atoms with E-state index in [0.717, 1.165) is 39.7 Å². The molecule has 1 heterocycles. The van der Waals surface area contributed by atoms with Crippen molar-refractivity contribution in [2.75, 3.05) is 9.80 Å². The number of hydrogen-bond acceptors (Lipinski definition) is 2. The lowest BCUT2D eigenvalue weighted by atomic mass is 9.81. The van der Waals surface area contributed by atoms with Crippen LogP contribution in [0.2, 0.25) is 0 Å². The van der Waals surface area contributed by atoms with Crippen LogP contribution < -0.4 is 9.80 Å². The summed E-state index contributed by atoms with van der Waals surface area (Å²) < 4.78 is 0. The molecule has 0 bridgehead atoms. The van der Waals surface area contributed by atoms with Gasteiger partial charge in [-0.25, -0.2) is 0 Å². The maximum absolute atomic E-state index is 2.43. The molecule has 0 aromatic heterocycles. The van der Waals surface area contributed by atoms with Crippen LogP contribution in [0, 0.1) is 0 Å². The smallest absolute Gasteiger partial charge is 0.0542 e. The zero-order chi connectivity index (χ0) is 45.4. The Morgan fingerprint density at radius 2 is 0.727 bits per heavy atom. The summed E-state index contributed by atoms with van der Waals surface area (Å²) in [5.41, 5.74) is 21.4. The van der Waals surface area contributed by atoms with E-state index in [9.17, 15) is 0 Å². The third kappa shape index (κ3) is 8.28. The lowest BCUT2D eigenvalue weighted by Crippen LogP contribution is -2.20. The SMILES string of the molecule is CC(C)(C)c1ccc(-c2ccc(N(c3ccc(-c4ccc(C(C)(C)C)cc4)cc3)c3ccc4c(c3)C(=C(c3ccccc3)c3ccccc3)c3ccccc3N4c3ccccc3)cc2)cc1. The van der Waals surface area contributed by atoms with Gasteiger partial charge in [0.15, 0.2) is 0 Å². The molecule has 0 aliphatic carbocycles. The van der Waals surface area contributed by atoms with Gasteiger partial charge in [0.1, 0.15) is 0 Å². The van der Waals surface area contributed by atoms with E-state index in [1.807, 2.05) is 0 Å². The first-order chi connectivity index (χ1) is 32.0. The molecule has 322 valence electrons. The van der Waals surface area contributed by atoms with Crippen LogP contribution in [-0.2, 0) is 10.8 Å². The summed E-state index contributed by atoms with van der Waals surface area (Å²) >= 11 is 0. The Morgan fingerprint density at radius 1 is 0.348 bits per heavy atom. The standard InChI is InChI=1S/C64H56N2/c1-63(2,3)51-34-26-45(27-35-51)47-30-38-54(39-31-47)65(55-40-32-48(33-41-55)46-28-36-52(37-29-46)64(4,5)6)56-42-43-60-58(44-56)62(61(49-18-10-7-11-19-49)50-20-12-8-13-21-50)57-24-16-17-25-59(57)66(60)53-22-14-9-15-23-53/h7-44H,1-6H3. The quantitative estimate of drug-likeness (QED) is 0.150. The van der Waals surface area contributed by atoms with Gasteiger partial charge in [-0.15, -0.1) is 0 Å². The highest BCUT2D eigenvalue weighted by atomic mass is 15.2. The molecule has 2 nitrogen and oxygen atoms in total. The van der Waals surface area contributed by atoms with Gasteiger partial charge in [-0.1, -0.05) is 211 Å². The minimum atomic E-state index is 0.0986. The predicted octanol–water partition coefficient (Wildman–Crippen LogP) is 17.9. The number of para-hydroxylation sites is 2. The first-order valence-electron chi connectivity index (χ1n) is 23.2. The van der Waals surface area contributed by atoms with E-state index in [-0.39, 0.29) is 10.8 Å². The Morgan fingerprint density at radius 3 is 1.18 bits per heavy atom. The lowest BCUT2D eigenvalue weighted by molar-refractivity contribution is 0.590. The lowest BCUT2D eigenvalue weighted by Gasteiger charge is -2.37. The molecular formula is C64H56N2. The fourth-order valence-electron chi connectivity index (χ4n) is 9.38. The first kappa shape index (κ1) is 42.3. The highest BCUT2D eigenvalue weighted by Gasteiger charge is 2.31. The average Bonchev–Trinajstić information content (AvgIpc) is 3.35. The Kier molecular flexibility index (Phi) is 11.1. The number of rotatable bonds is 8. The van der Waals surface area contributed by atoms with Crippen LogP contribution >= 0.6 is 0 Å². The van der Waals surface area contributed by atoms with Gasteiger partial charge in [-0.2, -0.15) is 0 Å². The van der Waals surface area contributed by atoms with E-state index in [1.165, 1.54) is 61.2 Å². The molecule has 0 fully saturated rings. The molecule has 0 radical (unpaired) electrons. The maximum Gasteiger partial charge on any atom is 0.0542 e. The Hall–Kier alpha value is -7.68. The monoisotopic (exact) mass is 852 g/mol. The van der Waals surface area contributed by atoms with Crippen molar-refractivity contribution in [3.05, 3.63) is 264 Å². The number of nitrogens with zero attached hydrogens (tertiary/aromatic N) is 2. The topological polar surface area (TPSA) is 6.48 Å². The summed E-state index contributed by atoms with van der Waals surface area (Å²) in [5, 5.41) is 0. The van der Waals surface area contributed by atoms with E-state index in [0.29, 0.717) is 0 Å². The summed E-state index contributed by atoms with van der Waals surface area (Å²) in [4.78, 5) is 4.84. The molecule has 0 unspecified atom stereocenters. The van der Waals surface area contributed by atoms with Gasteiger partial charge in [0.05, 0.1) is 11.4 Å². The van der Waals surface area contributed by atoms with Crippen molar-refractivity contribution in [3.8, 4) is 22.3 Å². The minimum absolute atomic E-state index is 0.0986. The van der Waals surface area contributed by atoms with Crippen molar-refractivity contribution in [2.45, 2.75) is 52.4 Å². The van der Waals surface area contributed by atoms with Crippen molar-refractivity contribution in [2.24, 2.45) is 0 Å². The van der Waals surface area contributed by atoms with Crippen molar-refractivity contribution >= 4 is 45.3 Å². The number of anilines is 6. The van der Waals surface area contributed by atoms with E-state index >= 15 is 0 Å². The molecule has 1 aliphatic rings. The summed E-state index contributed by atoms with van der Waals surface area (Å²) in [6.07, 6.45) is 0. The highest BCUT2D eigenvalue weighted by Crippen LogP contribution is 2.53. The highest BCUT2D eigenvalue weighted by molar-refractivity contribution is 6.13. The van der Waals surface area contributed by atoms with Gasteiger partial charge < -0.3 is 9.80 Å². The molecule has 0 saturated carbocycles. The second-order valence-electron chi connectivity index (χ2n) is 19.5. The molecule has 1 aliphatic heterocycles. The fourth-order valence-corrected chi connectivity index (χ4v) is 9.38. The van der Waals surface area contributed by atoms with Gasteiger partial charge in [-0.3, -0.25) is 0 Å². The van der Waals surface area contributed by atoms with Crippen LogP contribution in [0.25, 0.3) is 33.4 Å². The van der Waals surface area contributed by atoms with Crippen molar-refractivity contribution in [3.63, 3.8) is 0 Å². The Labute approximate surface area is 391 Å². The Bertz CT molecular complexity index is 2990. The molecule has 0 spiro atoms. The van der Waals surface area contributed by atoms with Crippen molar-refractivity contribution < 1.29 is 0 Å². The van der Waals surface area contributed by atoms with Crippen LogP contribution in [0.3, 0.4) is 0 Å². The third-order valence-corrected chi connectivity index (χ3v) is 13.0. The first-order valence-corrected chi connectivity index (χ1v) is 23.2. The van der Waals surface area contributed by atoms with Gasteiger partial charge in [0.25, 0.3) is 0 Å². The van der Waals surface area contributed by atoms with Crippen LogP contribution in [0.4, 0.5) is 34.1 Å². The van der Waals surface area contributed by atoms with Crippen molar-refractivity contribution in [1.82, 2.24) is 0 Å². The molecule has 66 heavy (non-hydrogen) atoms. The zero-order valence-corrected chi connectivity index (χ0v) is 38.8. The van der Waals surface area contributed by atoms with Gasteiger partial charge in [0.2, 0.25) is 0 Å². The van der Waals surface area contributed by atoms with Gasteiger partial charge >= 0.3 is 0 Å². The number of fused-ring (bicyclic) bond motifs is 2. The second kappa shape index (κ2) is 17.4. The molecule has 10 rings (SSSR count). The number of benzene rings is 9. The molecule has 0 atom stereocenters. The summed E-state index contributed by atoms with van der Waals surface area (Å²) in [5.74, 6) is 0. The number of hydrogen-bond donors (Lipinski definition) is 0. The summed E-state index contributed by atoms with van der Waals surface area (Å²) in [6, 6.07) is 84.7. The Balaban J connectivity index is 1.18. The van der Waals surface area contributed by atoms with Crippen molar-refractivity contribution in [1.29, 1.82) is 0 Å². The fraction of sp³-hybridized carbons (Fsp3) is 0.125. The molecule has 9 aromatic carbocycles. The molecule has 0 saturated heterocycles. The van der Waals surface area contributed by atoms with Crippen LogP contribution in [-0.4, -0.2) is 0 Å². The largest absolute Gasteiger partial charge is 0.310 e. The van der Waals surface area contributed by atoms with Crippen LogP contribution in [0.15, 0.2) is 231 Å². The molecule has 0 N–H and O–H groups in total. The van der Waals surface area contributed by atoms with Crippen LogP contribution in [0.5, 0.6) is 0 Å². The third-order valence-electron chi connectivity index (χ3n) is 13.0. The molecule has 9 aromatic rings. The van der Waals surface area contributed by atoms with Crippen LogP contribution in [0.1, 0.15) is 74.9 Å². The second-order valence-corrected chi connectivity index (χ2v) is 19.5. The minimum Gasteiger partial charge on any atom is -0.310 e. The van der Waals surface area contributed by atoms with Gasteiger partial charge in [-0.05, 0) is 122 Å². The van der Waals surface area contributed by atoms with E-state index in [4.69, 9.17) is 0 Å². The van der Waals surface area contributed by atoms with E-state index < -0.39 is 0 Å².